The van der Waals surface area contributed by atoms with E-state index in [4.69, 9.17) is 4.74 Å². The molecule has 4 nitrogen and oxygen atoms in total. The maximum Gasteiger partial charge on any atom is 0.236 e. The second kappa shape index (κ2) is 2.83. The van der Waals surface area contributed by atoms with E-state index in [1.54, 1.807) is 7.05 Å². The third-order valence-corrected chi connectivity index (χ3v) is 4.67. The fraction of sp³-hybridized carbons (Fsp3) is 0.429. The van der Waals surface area contributed by atoms with Crippen LogP contribution < -0.4 is 0 Å². The molecule has 1 aromatic rings. The molecule has 2 saturated heterocycles. The second-order valence-electron chi connectivity index (χ2n) is 5.47. The minimum atomic E-state index is -0.635. The highest BCUT2D eigenvalue weighted by molar-refractivity contribution is 6.06. The van der Waals surface area contributed by atoms with Crippen LogP contribution in [0.2, 0.25) is 0 Å². The zero-order valence-corrected chi connectivity index (χ0v) is 10.2. The minimum absolute atomic E-state index is 0.103. The van der Waals surface area contributed by atoms with Gasteiger partial charge in [0.2, 0.25) is 11.8 Å². The topological polar surface area (TPSA) is 46.6 Å². The Labute approximate surface area is 105 Å². The summed E-state index contributed by atoms with van der Waals surface area (Å²) in [6.07, 6.45) is -0.252. The number of ether oxygens (including phenoxy) is 1. The van der Waals surface area contributed by atoms with Gasteiger partial charge in [-0.25, -0.2) is 0 Å². The lowest BCUT2D eigenvalue weighted by atomic mass is 9.70. The summed E-state index contributed by atoms with van der Waals surface area (Å²) >= 11 is 0. The molecule has 4 heteroatoms. The molecular formula is C14H13NO3. The van der Waals surface area contributed by atoms with Crippen molar-refractivity contribution in [2.75, 3.05) is 7.05 Å². The zero-order valence-electron chi connectivity index (χ0n) is 10.2. The van der Waals surface area contributed by atoms with Gasteiger partial charge in [-0.05, 0) is 18.1 Å². The van der Waals surface area contributed by atoms with Crippen LogP contribution in [-0.4, -0.2) is 23.8 Å². The lowest BCUT2D eigenvalue weighted by Crippen LogP contribution is -2.36. The Hall–Kier alpha value is -1.68. The summed E-state index contributed by atoms with van der Waals surface area (Å²) in [5.41, 5.74) is 1.49. The fourth-order valence-electron chi connectivity index (χ4n) is 3.82. The van der Waals surface area contributed by atoms with Crippen molar-refractivity contribution in [3.8, 4) is 0 Å². The number of hydrogen-bond acceptors (Lipinski definition) is 3. The number of amides is 2. The number of hydrogen-bond donors (Lipinski definition) is 0. The number of fused-ring (bicyclic) bond motifs is 8. The summed E-state index contributed by atoms with van der Waals surface area (Å²) in [5, 5.41) is 0. The molecule has 0 unspecified atom stereocenters. The third-order valence-electron chi connectivity index (χ3n) is 4.67. The molecule has 4 atom stereocenters. The number of nitrogens with zero attached hydrogens (tertiary/aromatic N) is 1. The van der Waals surface area contributed by atoms with Gasteiger partial charge in [-0.2, -0.15) is 0 Å². The van der Waals surface area contributed by atoms with Crippen molar-refractivity contribution in [1.29, 1.82) is 0 Å². The van der Waals surface area contributed by atoms with Crippen LogP contribution in [0.25, 0.3) is 0 Å². The van der Waals surface area contributed by atoms with E-state index >= 15 is 0 Å². The second-order valence-corrected chi connectivity index (χ2v) is 5.47. The Bertz CT molecular complexity index is 596. The lowest BCUT2D eigenvalue weighted by molar-refractivity contribution is -0.144. The first-order valence-electron chi connectivity index (χ1n) is 6.14. The van der Waals surface area contributed by atoms with Crippen molar-refractivity contribution in [2.45, 2.75) is 18.6 Å². The summed E-state index contributed by atoms with van der Waals surface area (Å²) in [4.78, 5) is 25.7. The molecule has 2 amide bonds. The van der Waals surface area contributed by atoms with E-state index in [2.05, 4.69) is 0 Å². The summed E-state index contributed by atoms with van der Waals surface area (Å²) < 4.78 is 6.02. The molecule has 0 aromatic heterocycles. The van der Waals surface area contributed by atoms with Crippen LogP contribution >= 0.6 is 0 Å². The molecule has 3 aliphatic heterocycles. The van der Waals surface area contributed by atoms with Gasteiger partial charge in [0.25, 0.3) is 0 Å². The molecule has 0 N–H and O–H groups in total. The van der Waals surface area contributed by atoms with E-state index < -0.39 is 5.60 Å². The highest BCUT2D eigenvalue weighted by Crippen LogP contribution is 2.63. The average molecular weight is 243 g/mol. The standard InChI is InChI=1S/C14H13NO3/c1-14-8-6-4-3-5-7(8)11(18-14)9-10(14)13(17)15(2)12(9)16/h3-6,9-11H,1-2H3/t9-,10-,11-,14+/m1/s1. The molecule has 4 rings (SSSR count). The Balaban J connectivity index is 1.97. The smallest absolute Gasteiger partial charge is 0.236 e. The molecule has 2 bridgehead atoms. The highest BCUT2D eigenvalue weighted by Gasteiger charge is 2.68. The van der Waals surface area contributed by atoms with Crippen LogP contribution in [0.3, 0.4) is 0 Å². The predicted molar refractivity (Wildman–Crippen MR) is 62.4 cm³/mol. The Morgan fingerprint density at radius 3 is 2.72 bits per heavy atom. The van der Waals surface area contributed by atoms with Crippen LogP contribution in [-0.2, 0) is 19.9 Å². The van der Waals surface area contributed by atoms with Crippen molar-refractivity contribution in [1.82, 2.24) is 4.90 Å². The Morgan fingerprint density at radius 2 is 1.94 bits per heavy atom. The zero-order chi connectivity index (χ0) is 12.7. The van der Waals surface area contributed by atoms with Crippen LogP contribution in [0.4, 0.5) is 0 Å². The molecule has 2 fully saturated rings. The van der Waals surface area contributed by atoms with E-state index in [1.807, 2.05) is 31.2 Å². The van der Waals surface area contributed by atoms with Crippen LogP contribution in [0.1, 0.15) is 24.2 Å². The van der Waals surface area contributed by atoms with Gasteiger partial charge in [0, 0.05) is 7.05 Å². The first-order chi connectivity index (χ1) is 8.55. The van der Waals surface area contributed by atoms with Crippen molar-refractivity contribution in [3.05, 3.63) is 35.4 Å². The molecule has 0 saturated carbocycles. The normalized spacial score (nSPS) is 40.3. The molecule has 3 heterocycles. The molecule has 0 aliphatic carbocycles. The van der Waals surface area contributed by atoms with Crippen molar-refractivity contribution >= 4 is 11.8 Å². The molecular weight excluding hydrogens is 230 g/mol. The third kappa shape index (κ3) is 0.861. The van der Waals surface area contributed by atoms with Crippen LogP contribution in [0.15, 0.2) is 24.3 Å². The number of rotatable bonds is 0. The van der Waals surface area contributed by atoms with Gasteiger partial charge in [0.1, 0.15) is 5.60 Å². The van der Waals surface area contributed by atoms with E-state index in [9.17, 15) is 9.59 Å². The number of benzene rings is 1. The maximum absolute atomic E-state index is 12.2. The van der Waals surface area contributed by atoms with E-state index in [-0.39, 0.29) is 29.8 Å². The lowest BCUT2D eigenvalue weighted by Gasteiger charge is -2.28. The van der Waals surface area contributed by atoms with Gasteiger partial charge in [-0.1, -0.05) is 24.3 Å². The van der Waals surface area contributed by atoms with E-state index in [1.165, 1.54) is 4.90 Å². The summed E-state index contributed by atoms with van der Waals surface area (Å²) in [7, 11) is 1.57. The number of carbonyl (C=O) groups excluding carboxylic acids is 2. The fourth-order valence-corrected chi connectivity index (χ4v) is 3.82. The summed E-state index contributed by atoms with van der Waals surface area (Å²) in [6, 6.07) is 7.90. The van der Waals surface area contributed by atoms with Crippen LogP contribution in [0, 0.1) is 11.8 Å². The average Bonchev–Trinajstić information content (AvgIpc) is 2.92. The van der Waals surface area contributed by atoms with Gasteiger partial charge in [-0.15, -0.1) is 0 Å². The molecule has 0 radical (unpaired) electrons. The van der Waals surface area contributed by atoms with E-state index in [0.29, 0.717) is 0 Å². The monoisotopic (exact) mass is 243 g/mol. The number of carbonyl (C=O) groups is 2. The largest absolute Gasteiger partial charge is 0.361 e. The maximum atomic E-state index is 12.2. The SMILES string of the molecule is CN1C(=O)[C@H]2[C@@H]3O[C@@](C)(c4ccccc43)[C@H]2C1=O. The minimum Gasteiger partial charge on any atom is -0.361 e. The molecule has 3 aliphatic rings. The quantitative estimate of drug-likeness (QED) is 0.644. The van der Waals surface area contributed by atoms with Crippen molar-refractivity contribution < 1.29 is 14.3 Å². The number of likely N-dealkylation sites (tertiary alicyclic amines) is 1. The van der Waals surface area contributed by atoms with Gasteiger partial charge in [-0.3, -0.25) is 14.5 Å². The first-order valence-corrected chi connectivity index (χ1v) is 6.14. The Kier molecular flexibility index (Phi) is 1.61. The van der Waals surface area contributed by atoms with Crippen molar-refractivity contribution in [2.24, 2.45) is 11.8 Å². The summed E-state index contributed by atoms with van der Waals surface area (Å²) in [6.45, 7) is 1.93. The van der Waals surface area contributed by atoms with Gasteiger partial charge < -0.3 is 4.74 Å². The Morgan fingerprint density at radius 1 is 1.22 bits per heavy atom. The predicted octanol–water partition coefficient (Wildman–Crippen LogP) is 1.22. The molecule has 1 aromatic carbocycles. The van der Waals surface area contributed by atoms with E-state index in [0.717, 1.165) is 11.1 Å². The highest BCUT2D eigenvalue weighted by atomic mass is 16.5. The molecule has 0 spiro atoms. The number of imide groups is 1. The van der Waals surface area contributed by atoms with Crippen molar-refractivity contribution in [3.63, 3.8) is 0 Å². The van der Waals surface area contributed by atoms with Gasteiger partial charge >= 0.3 is 0 Å². The summed E-state index contributed by atoms with van der Waals surface area (Å²) in [5.74, 6) is -0.893. The first kappa shape index (κ1) is 10.3. The van der Waals surface area contributed by atoms with Gasteiger partial charge in [0.05, 0.1) is 17.9 Å². The molecule has 18 heavy (non-hydrogen) atoms. The van der Waals surface area contributed by atoms with Gasteiger partial charge in [0.15, 0.2) is 0 Å². The molecule has 92 valence electrons. The van der Waals surface area contributed by atoms with Crippen LogP contribution in [0.5, 0.6) is 0 Å².